The van der Waals surface area contributed by atoms with Crippen LogP contribution in [0.5, 0.6) is 0 Å². The lowest BCUT2D eigenvalue weighted by molar-refractivity contribution is 0.349. The van der Waals surface area contributed by atoms with Crippen LogP contribution >= 0.6 is 0 Å². The Morgan fingerprint density at radius 1 is 1.50 bits per heavy atom. The molecule has 1 saturated carbocycles. The van der Waals surface area contributed by atoms with Gasteiger partial charge in [0.15, 0.2) is 0 Å². The van der Waals surface area contributed by atoms with Crippen molar-refractivity contribution in [3.8, 4) is 12.3 Å². The largest absolute Gasteiger partial charge is 0.317 e. The summed E-state index contributed by atoms with van der Waals surface area (Å²) < 4.78 is 0. The summed E-state index contributed by atoms with van der Waals surface area (Å²) in [6, 6.07) is 0.655. The molecule has 1 nitrogen and oxygen atoms in total. The number of hydrogen-bond donors (Lipinski definition) is 1. The smallest absolute Gasteiger partial charge is 0.0101 e. The molecule has 1 aliphatic carbocycles. The van der Waals surface area contributed by atoms with Crippen molar-refractivity contribution in [2.24, 2.45) is 11.8 Å². The van der Waals surface area contributed by atoms with Gasteiger partial charge in [0.1, 0.15) is 0 Å². The van der Waals surface area contributed by atoms with Gasteiger partial charge in [-0.05, 0) is 38.1 Å². The van der Waals surface area contributed by atoms with Gasteiger partial charge in [-0.15, -0.1) is 12.3 Å². The Bertz CT molecular complexity index is 192. The molecule has 0 bridgehead atoms. The van der Waals surface area contributed by atoms with Crippen molar-refractivity contribution in [2.45, 2.75) is 51.5 Å². The molecule has 0 aromatic carbocycles. The van der Waals surface area contributed by atoms with Gasteiger partial charge in [-0.3, -0.25) is 0 Å². The van der Waals surface area contributed by atoms with Crippen molar-refractivity contribution in [1.82, 2.24) is 5.32 Å². The highest BCUT2D eigenvalue weighted by Gasteiger charge is 2.28. The lowest BCUT2D eigenvalue weighted by Gasteiger charge is -2.22. The van der Waals surface area contributed by atoms with Crippen LogP contribution in [-0.4, -0.2) is 13.1 Å². The highest BCUT2D eigenvalue weighted by molar-refractivity contribution is 4.89. The molecule has 0 radical (unpaired) electrons. The minimum absolute atomic E-state index is 0.655. The minimum Gasteiger partial charge on any atom is -0.317 e. The molecule has 3 unspecified atom stereocenters. The van der Waals surface area contributed by atoms with Gasteiger partial charge in [-0.2, -0.15) is 0 Å². The molecule has 0 amide bonds. The van der Waals surface area contributed by atoms with Crippen molar-refractivity contribution < 1.29 is 0 Å². The van der Waals surface area contributed by atoms with Crippen LogP contribution in [0.3, 0.4) is 0 Å². The highest BCUT2D eigenvalue weighted by Crippen LogP contribution is 2.35. The molecule has 80 valence electrons. The second kappa shape index (κ2) is 6.09. The van der Waals surface area contributed by atoms with E-state index in [2.05, 4.69) is 25.2 Å². The van der Waals surface area contributed by atoms with Crippen LogP contribution in [0.15, 0.2) is 0 Å². The highest BCUT2D eigenvalue weighted by atomic mass is 14.9. The Balaban J connectivity index is 2.35. The zero-order chi connectivity index (χ0) is 10.4. The fraction of sp³-hybridized carbons (Fsp3) is 0.846. The van der Waals surface area contributed by atoms with Gasteiger partial charge in [0, 0.05) is 12.5 Å². The van der Waals surface area contributed by atoms with Crippen LogP contribution < -0.4 is 5.32 Å². The standard InChI is InChI=1S/C13H23N/c1-4-6-7-13(14-3)12-9-8-11(5-2)10-12/h1,11-14H,5-10H2,2-3H3. The number of terminal acetylenes is 1. The second-order valence-electron chi connectivity index (χ2n) is 4.49. The fourth-order valence-corrected chi connectivity index (χ4v) is 2.70. The van der Waals surface area contributed by atoms with Crippen LogP contribution in [0.25, 0.3) is 0 Å². The second-order valence-corrected chi connectivity index (χ2v) is 4.49. The molecule has 1 fully saturated rings. The number of nitrogens with one attached hydrogen (secondary N) is 1. The van der Waals surface area contributed by atoms with E-state index in [1.54, 1.807) is 0 Å². The molecule has 1 N–H and O–H groups in total. The van der Waals surface area contributed by atoms with Crippen LogP contribution in [-0.2, 0) is 0 Å². The van der Waals surface area contributed by atoms with Crippen LogP contribution in [0.1, 0.15) is 45.4 Å². The normalized spacial score (nSPS) is 28.6. The summed E-state index contributed by atoms with van der Waals surface area (Å²) in [5.41, 5.74) is 0. The van der Waals surface area contributed by atoms with E-state index in [1.165, 1.54) is 25.7 Å². The summed E-state index contributed by atoms with van der Waals surface area (Å²) in [6.07, 6.45) is 13.0. The summed E-state index contributed by atoms with van der Waals surface area (Å²) in [5, 5.41) is 3.43. The predicted molar refractivity (Wildman–Crippen MR) is 62.0 cm³/mol. The third-order valence-electron chi connectivity index (χ3n) is 3.70. The molecule has 0 aliphatic heterocycles. The van der Waals surface area contributed by atoms with E-state index in [-0.39, 0.29) is 0 Å². The molecular weight excluding hydrogens is 170 g/mol. The Morgan fingerprint density at radius 2 is 2.29 bits per heavy atom. The third kappa shape index (κ3) is 3.03. The molecule has 14 heavy (non-hydrogen) atoms. The van der Waals surface area contributed by atoms with E-state index in [1.807, 2.05) is 0 Å². The lowest BCUT2D eigenvalue weighted by atomic mass is 9.93. The summed E-state index contributed by atoms with van der Waals surface area (Å²) in [5.74, 6) is 4.59. The fourth-order valence-electron chi connectivity index (χ4n) is 2.70. The first-order valence-electron chi connectivity index (χ1n) is 5.92. The maximum absolute atomic E-state index is 5.31. The number of rotatable bonds is 5. The Labute approximate surface area is 88.7 Å². The maximum Gasteiger partial charge on any atom is 0.0101 e. The zero-order valence-electron chi connectivity index (χ0n) is 9.55. The van der Waals surface area contributed by atoms with Gasteiger partial charge in [-0.1, -0.05) is 19.8 Å². The molecule has 1 aliphatic rings. The SMILES string of the molecule is C#CCCC(NC)C1CCC(CC)C1. The van der Waals surface area contributed by atoms with E-state index in [9.17, 15) is 0 Å². The molecular formula is C13H23N. The van der Waals surface area contributed by atoms with Gasteiger partial charge in [0.05, 0.1) is 0 Å². The molecule has 1 heteroatoms. The summed E-state index contributed by atoms with van der Waals surface area (Å²) in [4.78, 5) is 0. The van der Waals surface area contributed by atoms with Crippen LogP contribution in [0.4, 0.5) is 0 Å². The summed E-state index contributed by atoms with van der Waals surface area (Å²) in [7, 11) is 2.07. The van der Waals surface area contributed by atoms with E-state index in [4.69, 9.17) is 6.42 Å². The first-order valence-corrected chi connectivity index (χ1v) is 5.92. The van der Waals surface area contributed by atoms with Gasteiger partial charge in [0.25, 0.3) is 0 Å². The molecule has 3 atom stereocenters. The van der Waals surface area contributed by atoms with E-state index in [0.717, 1.165) is 24.7 Å². The summed E-state index contributed by atoms with van der Waals surface area (Å²) in [6.45, 7) is 2.31. The molecule has 0 aromatic rings. The Hall–Kier alpha value is -0.480. The molecule has 0 saturated heterocycles. The predicted octanol–water partition coefficient (Wildman–Crippen LogP) is 2.81. The van der Waals surface area contributed by atoms with Gasteiger partial charge in [0.2, 0.25) is 0 Å². The van der Waals surface area contributed by atoms with Gasteiger partial charge in [-0.25, -0.2) is 0 Å². The van der Waals surface area contributed by atoms with E-state index < -0.39 is 0 Å². The zero-order valence-corrected chi connectivity index (χ0v) is 9.55. The first kappa shape index (κ1) is 11.6. The van der Waals surface area contributed by atoms with E-state index >= 15 is 0 Å². The van der Waals surface area contributed by atoms with Crippen molar-refractivity contribution in [3.63, 3.8) is 0 Å². The summed E-state index contributed by atoms with van der Waals surface area (Å²) >= 11 is 0. The van der Waals surface area contributed by atoms with E-state index in [0.29, 0.717) is 6.04 Å². The minimum atomic E-state index is 0.655. The first-order chi connectivity index (χ1) is 6.81. The number of hydrogen-bond acceptors (Lipinski definition) is 1. The van der Waals surface area contributed by atoms with Crippen molar-refractivity contribution >= 4 is 0 Å². The Kier molecular flexibility index (Phi) is 5.04. The van der Waals surface area contributed by atoms with Gasteiger partial charge < -0.3 is 5.32 Å². The monoisotopic (exact) mass is 193 g/mol. The third-order valence-corrected chi connectivity index (χ3v) is 3.70. The molecule has 1 rings (SSSR count). The van der Waals surface area contributed by atoms with Crippen molar-refractivity contribution in [1.29, 1.82) is 0 Å². The molecule has 0 heterocycles. The van der Waals surface area contributed by atoms with Gasteiger partial charge >= 0.3 is 0 Å². The molecule has 0 aromatic heterocycles. The van der Waals surface area contributed by atoms with Crippen molar-refractivity contribution in [2.75, 3.05) is 7.05 Å². The van der Waals surface area contributed by atoms with Crippen LogP contribution in [0.2, 0.25) is 0 Å². The lowest BCUT2D eigenvalue weighted by Crippen LogP contribution is -2.32. The molecule has 0 spiro atoms. The maximum atomic E-state index is 5.31. The van der Waals surface area contributed by atoms with Crippen LogP contribution in [0, 0.1) is 24.2 Å². The average molecular weight is 193 g/mol. The Morgan fingerprint density at radius 3 is 2.79 bits per heavy atom. The van der Waals surface area contributed by atoms with Crippen molar-refractivity contribution in [3.05, 3.63) is 0 Å². The topological polar surface area (TPSA) is 12.0 Å². The quantitative estimate of drug-likeness (QED) is 0.662. The average Bonchev–Trinajstić information content (AvgIpc) is 2.68.